The maximum Gasteiger partial charge on any atom is 0.265 e. The third kappa shape index (κ3) is 2.84. The molecule has 26 heavy (non-hydrogen) atoms. The van der Waals surface area contributed by atoms with Crippen molar-refractivity contribution in [2.45, 2.75) is 30.2 Å². The fraction of sp³-hybridized carbons (Fsp3) is 0.389. The van der Waals surface area contributed by atoms with Gasteiger partial charge >= 0.3 is 0 Å². The molecule has 8 heteroatoms. The fourth-order valence-corrected chi connectivity index (χ4v) is 5.58. The first-order chi connectivity index (χ1) is 12.0. The van der Waals surface area contributed by atoms with Crippen molar-refractivity contribution in [3.63, 3.8) is 0 Å². The number of halogens is 1. The van der Waals surface area contributed by atoms with Crippen molar-refractivity contribution in [3.05, 3.63) is 36.4 Å². The Bertz CT molecular complexity index is 943. The molecule has 0 saturated carbocycles. The summed E-state index contributed by atoms with van der Waals surface area (Å²) in [7, 11) is -3.70. The zero-order valence-corrected chi connectivity index (χ0v) is 15.9. The summed E-state index contributed by atoms with van der Waals surface area (Å²) in [5, 5.41) is 1.57. The van der Waals surface area contributed by atoms with Gasteiger partial charge in [0.15, 0.2) is 0 Å². The van der Waals surface area contributed by atoms with Gasteiger partial charge in [0, 0.05) is 24.5 Å². The predicted octanol–water partition coefficient (Wildman–Crippen LogP) is 2.11. The SMILES string of the molecule is Cl.NCC1CCCCN1C(=O)CN1c2cccc3cccc(c23)S1(=O)=O. The molecule has 0 bridgehead atoms. The number of likely N-dealkylation sites (tertiary alicyclic amines) is 1. The molecule has 2 aliphatic heterocycles. The average molecular weight is 396 g/mol. The highest BCUT2D eigenvalue weighted by atomic mass is 35.5. The third-order valence-electron chi connectivity index (χ3n) is 5.18. The van der Waals surface area contributed by atoms with E-state index < -0.39 is 10.0 Å². The number of carbonyl (C=O) groups is 1. The largest absolute Gasteiger partial charge is 0.337 e. The third-order valence-corrected chi connectivity index (χ3v) is 6.98. The molecule has 140 valence electrons. The normalized spacial score (nSPS) is 20.9. The van der Waals surface area contributed by atoms with Gasteiger partial charge in [0.1, 0.15) is 6.54 Å². The summed E-state index contributed by atoms with van der Waals surface area (Å²) in [5.74, 6) is -0.177. The monoisotopic (exact) mass is 395 g/mol. The Morgan fingerprint density at radius 2 is 1.88 bits per heavy atom. The van der Waals surface area contributed by atoms with Crippen molar-refractivity contribution >= 4 is 44.8 Å². The fourth-order valence-electron chi connectivity index (χ4n) is 3.92. The lowest BCUT2D eigenvalue weighted by atomic mass is 10.0. The zero-order chi connectivity index (χ0) is 17.6. The van der Waals surface area contributed by atoms with Gasteiger partial charge in [-0.1, -0.05) is 24.3 Å². The van der Waals surface area contributed by atoms with Crippen LogP contribution in [0.2, 0.25) is 0 Å². The molecule has 1 atom stereocenters. The van der Waals surface area contributed by atoms with Crippen LogP contribution in [-0.2, 0) is 14.8 Å². The number of nitrogens with zero attached hydrogens (tertiary/aromatic N) is 2. The zero-order valence-electron chi connectivity index (χ0n) is 14.3. The van der Waals surface area contributed by atoms with Gasteiger partial charge in [-0.05, 0) is 36.8 Å². The van der Waals surface area contributed by atoms with Gasteiger partial charge in [-0.25, -0.2) is 8.42 Å². The highest BCUT2D eigenvalue weighted by Crippen LogP contribution is 2.41. The molecule has 1 unspecified atom stereocenters. The molecule has 1 amide bonds. The van der Waals surface area contributed by atoms with Crippen LogP contribution in [-0.4, -0.2) is 44.9 Å². The summed E-state index contributed by atoms with van der Waals surface area (Å²) in [6, 6.07) is 10.7. The van der Waals surface area contributed by atoms with Crippen LogP contribution < -0.4 is 10.0 Å². The number of hydrogen-bond donors (Lipinski definition) is 1. The van der Waals surface area contributed by atoms with Crippen molar-refractivity contribution in [2.24, 2.45) is 5.73 Å². The second-order valence-electron chi connectivity index (χ2n) is 6.62. The molecule has 2 aliphatic rings. The van der Waals surface area contributed by atoms with Crippen molar-refractivity contribution in [1.82, 2.24) is 4.90 Å². The summed E-state index contributed by atoms with van der Waals surface area (Å²) < 4.78 is 27.2. The second-order valence-corrected chi connectivity index (χ2v) is 8.45. The maximum absolute atomic E-state index is 13.0. The van der Waals surface area contributed by atoms with Gasteiger partial charge in [-0.15, -0.1) is 12.4 Å². The lowest BCUT2D eigenvalue weighted by molar-refractivity contribution is -0.132. The maximum atomic E-state index is 13.0. The molecule has 0 radical (unpaired) electrons. The van der Waals surface area contributed by atoms with Crippen LogP contribution in [0.4, 0.5) is 5.69 Å². The minimum Gasteiger partial charge on any atom is -0.337 e. The first kappa shape index (κ1) is 18.9. The molecule has 1 saturated heterocycles. The van der Waals surface area contributed by atoms with E-state index in [0.717, 1.165) is 24.6 Å². The number of hydrogen-bond acceptors (Lipinski definition) is 4. The average Bonchev–Trinajstić information content (AvgIpc) is 2.85. The molecule has 4 rings (SSSR count). The number of amides is 1. The first-order valence-corrected chi connectivity index (χ1v) is 10.0. The van der Waals surface area contributed by atoms with E-state index in [9.17, 15) is 13.2 Å². The highest BCUT2D eigenvalue weighted by molar-refractivity contribution is 7.93. The van der Waals surface area contributed by atoms with E-state index in [2.05, 4.69) is 0 Å². The second kappa shape index (κ2) is 7.06. The number of nitrogens with two attached hydrogens (primary N) is 1. The van der Waals surface area contributed by atoms with E-state index in [-0.39, 0.29) is 35.8 Å². The molecule has 0 aliphatic carbocycles. The Kier molecular flexibility index (Phi) is 5.14. The van der Waals surface area contributed by atoms with Gasteiger partial charge in [-0.2, -0.15) is 0 Å². The number of benzene rings is 2. The molecule has 6 nitrogen and oxygen atoms in total. The van der Waals surface area contributed by atoms with Crippen LogP contribution in [0.25, 0.3) is 10.8 Å². The van der Waals surface area contributed by atoms with Crippen LogP contribution in [0.3, 0.4) is 0 Å². The summed E-state index contributed by atoms with van der Waals surface area (Å²) >= 11 is 0. The molecule has 2 heterocycles. The van der Waals surface area contributed by atoms with Crippen LogP contribution in [0.15, 0.2) is 41.3 Å². The number of piperidine rings is 1. The van der Waals surface area contributed by atoms with Crippen molar-refractivity contribution in [3.8, 4) is 0 Å². The summed E-state index contributed by atoms with van der Waals surface area (Å²) in [6.45, 7) is 0.882. The van der Waals surface area contributed by atoms with Crippen LogP contribution in [0.5, 0.6) is 0 Å². The van der Waals surface area contributed by atoms with Crippen molar-refractivity contribution in [1.29, 1.82) is 0 Å². The van der Waals surface area contributed by atoms with E-state index in [1.54, 1.807) is 23.1 Å². The summed E-state index contributed by atoms with van der Waals surface area (Å²) in [6.07, 6.45) is 2.87. The van der Waals surface area contributed by atoms with Gasteiger partial charge in [-0.3, -0.25) is 9.10 Å². The lowest BCUT2D eigenvalue weighted by Gasteiger charge is -2.36. The van der Waals surface area contributed by atoms with E-state index in [0.29, 0.717) is 24.2 Å². The standard InChI is InChI=1S/C18H21N3O3S.ClH/c19-11-14-7-1-2-10-20(14)17(22)12-21-15-8-3-5-13-6-4-9-16(18(13)15)25(21,23)24;/h3-6,8-9,14H,1-2,7,10-12,19H2;1H. The smallest absolute Gasteiger partial charge is 0.265 e. The Balaban J connectivity index is 0.00000196. The van der Waals surface area contributed by atoms with Crippen molar-refractivity contribution in [2.75, 3.05) is 23.9 Å². The summed E-state index contributed by atoms with van der Waals surface area (Å²) in [5.41, 5.74) is 6.38. The Hall–Kier alpha value is -1.83. The minimum absolute atomic E-state index is 0. The Morgan fingerprint density at radius 1 is 1.15 bits per heavy atom. The number of carbonyl (C=O) groups excluding carboxylic acids is 1. The number of rotatable bonds is 3. The van der Waals surface area contributed by atoms with Gasteiger partial charge < -0.3 is 10.6 Å². The number of anilines is 1. The highest BCUT2D eigenvalue weighted by Gasteiger charge is 2.38. The topological polar surface area (TPSA) is 83.7 Å². The van der Waals surface area contributed by atoms with Crippen LogP contribution in [0.1, 0.15) is 19.3 Å². The molecular formula is C18H22ClN3O3S. The first-order valence-electron chi connectivity index (χ1n) is 8.58. The molecule has 2 aromatic carbocycles. The molecule has 2 aromatic rings. The Morgan fingerprint density at radius 3 is 2.62 bits per heavy atom. The van der Waals surface area contributed by atoms with Gasteiger partial charge in [0.25, 0.3) is 10.0 Å². The Labute approximate surface area is 159 Å². The van der Waals surface area contributed by atoms with E-state index >= 15 is 0 Å². The van der Waals surface area contributed by atoms with Crippen molar-refractivity contribution < 1.29 is 13.2 Å². The molecule has 0 aromatic heterocycles. The molecule has 1 fully saturated rings. The predicted molar refractivity (Wildman–Crippen MR) is 104 cm³/mol. The lowest BCUT2D eigenvalue weighted by Crippen LogP contribution is -2.51. The minimum atomic E-state index is -3.70. The molecule has 0 spiro atoms. The quantitative estimate of drug-likeness (QED) is 0.862. The van der Waals surface area contributed by atoms with E-state index in [1.807, 2.05) is 18.2 Å². The molecular weight excluding hydrogens is 374 g/mol. The van der Waals surface area contributed by atoms with E-state index in [1.165, 1.54) is 4.31 Å². The van der Waals surface area contributed by atoms with Crippen LogP contribution >= 0.6 is 12.4 Å². The van der Waals surface area contributed by atoms with Gasteiger partial charge in [0.05, 0.1) is 10.6 Å². The summed E-state index contributed by atoms with van der Waals surface area (Å²) in [4.78, 5) is 14.9. The molecule has 2 N–H and O–H groups in total. The van der Waals surface area contributed by atoms with Gasteiger partial charge in [0.2, 0.25) is 5.91 Å². The number of sulfonamides is 1. The van der Waals surface area contributed by atoms with E-state index in [4.69, 9.17) is 5.73 Å². The van der Waals surface area contributed by atoms with Crippen LogP contribution in [0, 0.1) is 0 Å².